The van der Waals surface area contributed by atoms with Crippen molar-refractivity contribution < 1.29 is 4.79 Å². The Hall–Kier alpha value is -1.91. The van der Waals surface area contributed by atoms with Crippen molar-refractivity contribution in [1.29, 1.82) is 0 Å². The first-order chi connectivity index (χ1) is 11.1. The number of carbonyl (C=O) groups excluding carboxylic acids is 1. The van der Waals surface area contributed by atoms with Crippen LogP contribution in [-0.4, -0.2) is 15.1 Å². The summed E-state index contributed by atoms with van der Waals surface area (Å²) in [5, 5.41) is 0. The zero-order chi connectivity index (χ0) is 16.4. The molecule has 0 saturated carbocycles. The van der Waals surface area contributed by atoms with E-state index in [2.05, 4.69) is 6.07 Å². The molecule has 3 rings (SSSR count). The number of rotatable bonds is 3. The Balaban J connectivity index is 1.88. The van der Waals surface area contributed by atoms with E-state index in [1.807, 2.05) is 68.5 Å². The molecule has 0 spiro atoms. The van der Waals surface area contributed by atoms with Gasteiger partial charge >= 0.3 is 0 Å². The first-order valence-corrected chi connectivity index (χ1v) is 8.67. The number of nitrogens with zero attached hydrogens (tertiary/aromatic N) is 1. The second-order valence-corrected chi connectivity index (χ2v) is 7.23. The molecule has 0 radical (unpaired) electrons. The van der Waals surface area contributed by atoms with Crippen molar-refractivity contribution in [2.45, 2.75) is 19.9 Å². The molecule has 0 aromatic heterocycles. The molecular weight excluding hydrogens is 322 g/mol. The highest BCUT2D eigenvalue weighted by molar-refractivity contribution is 8.26. The van der Waals surface area contributed by atoms with Gasteiger partial charge in [-0.2, -0.15) is 0 Å². The summed E-state index contributed by atoms with van der Waals surface area (Å²) >= 11 is 6.81. The van der Waals surface area contributed by atoms with Crippen LogP contribution in [0.2, 0.25) is 0 Å². The Morgan fingerprint density at radius 2 is 1.87 bits per heavy atom. The smallest absolute Gasteiger partial charge is 0.266 e. The van der Waals surface area contributed by atoms with E-state index < -0.39 is 0 Å². The lowest BCUT2D eigenvalue weighted by Crippen LogP contribution is -2.30. The zero-order valence-corrected chi connectivity index (χ0v) is 14.7. The maximum Gasteiger partial charge on any atom is 0.266 e. The minimum atomic E-state index is -0.0629. The number of amides is 1. The van der Waals surface area contributed by atoms with Gasteiger partial charge in [0.2, 0.25) is 0 Å². The average molecular weight is 339 g/mol. The molecule has 1 aliphatic rings. The minimum Gasteiger partial charge on any atom is -0.286 e. The maximum absolute atomic E-state index is 12.8. The molecule has 1 atom stereocenters. The highest BCUT2D eigenvalue weighted by atomic mass is 32.2. The fraction of sp³-hybridized carbons (Fsp3) is 0.158. The molecule has 2 aromatic rings. The Kier molecular flexibility index (Phi) is 4.64. The van der Waals surface area contributed by atoms with E-state index in [1.165, 1.54) is 17.3 Å². The van der Waals surface area contributed by atoms with Crippen LogP contribution in [0.4, 0.5) is 0 Å². The molecule has 2 nitrogen and oxygen atoms in total. The predicted octanol–water partition coefficient (Wildman–Crippen LogP) is 4.96. The third-order valence-corrected chi connectivity index (χ3v) is 5.16. The summed E-state index contributed by atoms with van der Waals surface area (Å²) in [4.78, 5) is 15.2. The SMILES string of the molecule is Cc1cccc(/C=C2\SC(=S)N([C@@H](C)c3ccccc3)C2=O)c1. The second kappa shape index (κ2) is 6.69. The molecule has 0 N–H and O–H groups in total. The molecule has 0 aliphatic carbocycles. The third-order valence-electron chi connectivity index (χ3n) is 3.83. The number of hydrogen-bond acceptors (Lipinski definition) is 3. The van der Waals surface area contributed by atoms with Gasteiger partial charge in [-0.25, -0.2) is 0 Å². The van der Waals surface area contributed by atoms with Crippen LogP contribution in [0.25, 0.3) is 6.08 Å². The molecule has 0 unspecified atom stereocenters. The van der Waals surface area contributed by atoms with E-state index in [0.717, 1.165) is 11.1 Å². The van der Waals surface area contributed by atoms with Crippen molar-refractivity contribution in [3.63, 3.8) is 0 Å². The van der Waals surface area contributed by atoms with Gasteiger partial charge in [0.05, 0.1) is 10.9 Å². The molecule has 116 valence electrons. The molecular formula is C19H17NOS2. The highest BCUT2D eigenvalue weighted by Gasteiger charge is 2.35. The van der Waals surface area contributed by atoms with Crippen LogP contribution in [0, 0.1) is 6.92 Å². The molecule has 0 bridgehead atoms. The largest absolute Gasteiger partial charge is 0.286 e. The average Bonchev–Trinajstić information content (AvgIpc) is 2.81. The summed E-state index contributed by atoms with van der Waals surface area (Å²) < 4.78 is 0.616. The van der Waals surface area contributed by atoms with E-state index >= 15 is 0 Å². The first-order valence-electron chi connectivity index (χ1n) is 7.45. The lowest BCUT2D eigenvalue weighted by Gasteiger charge is -2.23. The van der Waals surface area contributed by atoms with Gasteiger partial charge in [-0.3, -0.25) is 9.69 Å². The van der Waals surface area contributed by atoms with E-state index in [9.17, 15) is 4.79 Å². The lowest BCUT2D eigenvalue weighted by atomic mass is 10.1. The van der Waals surface area contributed by atoms with Crippen molar-refractivity contribution in [2.24, 2.45) is 0 Å². The summed E-state index contributed by atoms with van der Waals surface area (Å²) in [6, 6.07) is 18.0. The van der Waals surface area contributed by atoms with Crippen LogP contribution in [0.1, 0.15) is 29.7 Å². The van der Waals surface area contributed by atoms with Crippen molar-refractivity contribution in [2.75, 3.05) is 0 Å². The third kappa shape index (κ3) is 3.38. The van der Waals surface area contributed by atoms with Gasteiger partial charge in [0.25, 0.3) is 5.91 Å². The van der Waals surface area contributed by atoms with Crippen LogP contribution in [0.3, 0.4) is 0 Å². The second-order valence-electron chi connectivity index (χ2n) is 5.55. The Morgan fingerprint density at radius 3 is 2.57 bits per heavy atom. The van der Waals surface area contributed by atoms with Gasteiger partial charge in [-0.15, -0.1) is 0 Å². The monoisotopic (exact) mass is 339 g/mol. The van der Waals surface area contributed by atoms with E-state index in [1.54, 1.807) is 4.90 Å². The fourth-order valence-corrected chi connectivity index (χ4v) is 4.02. The summed E-state index contributed by atoms with van der Waals surface area (Å²) in [6.45, 7) is 4.05. The maximum atomic E-state index is 12.8. The van der Waals surface area contributed by atoms with Crippen LogP contribution >= 0.6 is 24.0 Å². The highest BCUT2D eigenvalue weighted by Crippen LogP contribution is 2.37. The standard InChI is InChI=1S/C19H17NOS2/c1-13-7-6-8-15(11-13)12-17-18(21)20(19(22)23-17)14(2)16-9-4-3-5-10-16/h3-12,14H,1-2H3/b17-12-/t14-/m0/s1. The van der Waals surface area contributed by atoms with E-state index in [0.29, 0.717) is 9.23 Å². The van der Waals surface area contributed by atoms with Crippen LogP contribution < -0.4 is 0 Å². The number of thioether (sulfide) groups is 1. The fourth-order valence-electron chi connectivity index (χ4n) is 2.61. The van der Waals surface area contributed by atoms with E-state index in [4.69, 9.17) is 12.2 Å². The molecule has 1 fully saturated rings. The number of hydrogen-bond donors (Lipinski definition) is 0. The van der Waals surface area contributed by atoms with Crippen molar-refractivity contribution in [3.8, 4) is 0 Å². The molecule has 1 saturated heterocycles. The summed E-state index contributed by atoms with van der Waals surface area (Å²) in [5.74, 6) is -0.0159. The van der Waals surface area contributed by atoms with Gasteiger partial charge in [-0.1, -0.05) is 84.1 Å². The molecule has 1 aliphatic heterocycles. The Morgan fingerprint density at radius 1 is 1.13 bits per heavy atom. The molecule has 1 heterocycles. The van der Waals surface area contributed by atoms with Gasteiger partial charge in [-0.05, 0) is 31.1 Å². The number of carbonyl (C=O) groups is 1. The normalized spacial score (nSPS) is 17.8. The van der Waals surface area contributed by atoms with Gasteiger partial charge in [0.1, 0.15) is 4.32 Å². The van der Waals surface area contributed by atoms with Crippen molar-refractivity contribution in [1.82, 2.24) is 4.90 Å². The molecule has 23 heavy (non-hydrogen) atoms. The zero-order valence-electron chi connectivity index (χ0n) is 13.0. The molecule has 1 amide bonds. The van der Waals surface area contributed by atoms with Crippen molar-refractivity contribution >= 4 is 40.3 Å². The van der Waals surface area contributed by atoms with Crippen LogP contribution in [-0.2, 0) is 4.79 Å². The van der Waals surface area contributed by atoms with Gasteiger partial charge in [0.15, 0.2) is 0 Å². The number of thiocarbonyl (C=S) groups is 1. The van der Waals surface area contributed by atoms with Crippen LogP contribution in [0.15, 0.2) is 59.5 Å². The first kappa shape index (κ1) is 16.0. The number of aryl methyl sites for hydroxylation is 1. The number of benzene rings is 2. The predicted molar refractivity (Wildman–Crippen MR) is 101 cm³/mol. The summed E-state index contributed by atoms with van der Waals surface area (Å²) in [7, 11) is 0. The van der Waals surface area contributed by atoms with Crippen molar-refractivity contribution in [3.05, 3.63) is 76.2 Å². The Labute approximate surface area is 146 Å². The molecule has 2 aromatic carbocycles. The van der Waals surface area contributed by atoms with Gasteiger partial charge < -0.3 is 0 Å². The molecule has 4 heteroatoms. The Bertz CT molecular complexity index is 783. The van der Waals surface area contributed by atoms with E-state index in [-0.39, 0.29) is 11.9 Å². The minimum absolute atomic E-state index is 0.0159. The quantitative estimate of drug-likeness (QED) is 0.582. The lowest BCUT2D eigenvalue weighted by molar-refractivity contribution is -0.123. The van der Waals surface area contributed by atoms with Crippen LogP contribution in [0.5, 0.6) is 0 Å². The summed E-state index contributed by atoms with van der Waals surface area (Å²) in [5.41, 5.74) is 3.28. The topological polar surface area (TPSA) is 20.3 Å². The van der Waals surface area contributed by atoms with Gasteiger partial charge in [0, 0.05) is 0 Å². The summed E-state index contributed by atoms with van der Waals surface area (Å²) in [6.07, 6.45) is 1.92.